The zero-order chi connectivity index (χ0) is 30.5. The molecule has 44 heavy (non-hydrogen) atoms. The zero-order valence-electron chi connectivity index (χ0n) is 24.2. The van der Waals surface area contributed by atoms with Crippen molar-refractivity contribution in [1.29, 1.82) is 0 Å². The average Bonchev–Trinajstić information content (AvgIpc) is 3.66. The molecule has 9 nitrogen and oxygen atoms in total. The van der Waals surface area contributed by atoms with Gasteiger partial charge >= 0.3 is 0 Å². The van der Waals surface area contributed by atoms with Gasteiger partial charge in [-0.15, -0.1) is 11.3 Å². The number of anilines is 3. The number of nitrogens with zero attached hydrogens (tertiary/aromatic N) is 5. The van der Waals surface area contributed by atoms with Gasteiger partial charge in [0.2, 0.25) is 11.9 Å². The van der Waals surface area contributed by atoms with E-state index in [0.717, 1.165) is 22.9 Å². The Morgan fingerprint density at radius 2 is 1.89 bits per heavy atom. The van der Waals surface area contributed by atoms with E-state index in [1.807, 2.05) is 80.1 Å². The van der Waals surface area contributed by atoms with E-state index in [0.29, 0.717) is 40.8 Å². The molecule has 1 amide bonds. The molecule has 2 N–H and O–H groups in total. The number of likely N-dealkylation sites (N-methyl/N-ethyl adjacent to an activating group) is 1. The second kappa shape index (κ2) is 13.0. The fourth-order valence-corrected chi connectivity index (χ4v) is 5.43. The lowest BCUT2D eigenvalue weighted by molar-refractivity contribution is -0.115. The molecule has 0 saturated heterocycles. The lowest BCUT2D eigenvalue weighted by atomic mass is 10.0. The molecule has 4 aromatic heterocycles. The Morgan fingerprint density at radius 3 is 2.73 bits per heavy atom. The van der Waals surface area contributed by atoms with Gasteiger partial charge in [0, 0.05) is 46.8 Å². The predicted molar refractivity (Wildman–Crippen MR) is 172 cm³/mol. The van der Waals surface area contributed by atoms with Gasteiger partial charge < -0.3 is 20.3 Å². The number of hydrogen-bond acceptors (Lipinski definition) is 8. The van der Waals surface area contributed by atoms with Crippen molar-refractivity contribution in [2.24, 2.45) is 0 Å². The second-order valence-electron chi connectivity index (χ2n) is 10.3. The van der Waals surface area contributed by atoms with Crippen LogP contribution in [0.5, 0.6) is 5.75 Å². The van der Waals surface area contributed by atoms with Crippen molar-refractivity contribution in [1.82, 2.24) is 24.5 Å². The molecule has 0 atom stereocenters. The fraction of sp³-hybridized carbons (Fsp3) is 0.152. The first-order valence-electron chi connectivity index (χ1n) is 14.0. The maximum atomic E-state index is 15.3. The molecular weight excluding hydrogens is 577 g/mol. The Kier molecular flexibility index (Phi) is 8.57. The number of pyridine rings is 1. The highest BCUT2D eigenvalue weighted by Gasteiger charge is 2.21. The first-order chi connectivity index (χ1) is 21.4. The predicted octanol–water partition coefficient (Wildman–Crippen LogP) is 6.52. The molecule has 6 rings (SSSR count). The number of halogens is 1. The summed E-state index contributed by atoms with van der Waals surface area (Å²) < 4.78 is 22.7. The Balaban J connectivity index is 1.32. The number of aromatic nitrogens is 4. The number of nitrogens with one attached hydrogen (secondary N) is 2. The normalized spacial score (nSPS) is 11.2. The van der Waals surface area contributed by atoms with E-state index in [-0.39, 0.29) is 17.8 Å². The van der Waals surface area contributed by atoms with Crippen molar-refractivity contribution < 1.29 is 13.9 Å². The van der Waals surface area contributed by atoms with Gasteiger partial charge in [0.15, 0.2) is 0 Å². The number of hydrogen-bond donors (Lipinski definition) is 2. The maximum absolute atomic E-state index is 15.3. The van der Waals surface area contributed by atoms with Crippen LogP contribution < -0.4 is 15.4 Å². The van der Waals surface area contributed by atoms with Crippen LogP contribution in [-0.2, 0) is 11.2 Å². The van der Waals surface area contributed by atoms with Crippen LogP contribution >= 0.6 is 11.3 Å². The summed E-state index contributed by atoms with van der Waals surface area (Å²) in [5.41, 5.74) is 3.88. The molecule has 4 heterocycles. The molecule has 0 bridgehead atoms. The smallest absolute Gasteiger partial charge is 0.229 e. The molecule has 0 unspecified atom stereocenters. The zero-order valence-corrected chi connectivity index (χ0v) is 25.0. The molecule has 222 valence electrons. The number of carbonyl (C=O) groups excluding carboxylic acids is 1. The van der Waals surface area contributed by atoms with Crippen LogP contribution in [-0.4, -0.2) is 57.6 Å². The van der Waals surface area contributed by atoms with E-state index in [9.17, 15) is 4.79 Å². The van der Waals surface area contributed by atoms with Crippen molar-refractivity contribution in [2.45, 2.75) is 6.42 Å². The summed E-state index contributed by atoms with van der Waals surface area (Å²) in [6.07, 6.45) is 3.60. The summed E-state index contributed by atoms with van der Waals surface area (Å²) in [7, 11) is 3.99. The first-order valence-corrected chi connectivity index (χ1v) is 14.9. The molecule has 11 heteroatoms. The molecule has 2 aromatic carbocycles. The highest BCUT2D eigenvalue weighted by Crippen LogP contribution is 2.36. The minimum Gasteiger partial charge on any atom is -0.492 e. The Morgan fingerprint density at radius 1 is 1.02 bits per heavy atom. The molecule has 0 aliphatic carbocycles. The maximum Gasteiger partial charge on any atom is 0.229 e. The van der Waals surface area contributed by atoms with E-state index in [2.05, 4.69) is 20.5 Å². The number of carbonyl (C=O) groups is 1. The van der Waals surface area contributed by atoms with Gasteiger partial charge in [-0.2, -0.15) is 5.10 Å². The number of amides is 1. The van der Waals surface area contributed by atoms with Gasteiger partial charge in [-0.25, -0.2) is 18.9 Å². The number of rotatable bonds is 11. The summed E-state index contributed by atoms with van der Waals surface area (Å²) in [6.45, 7) is 1.36. The van der Waals surface area contributed by atoms with E-state index < -0.39 is 5.82 Å². The third-order valence-electron chi connectivity index (χ3n) is 6.75. The van der Waals surface area contributed by atoms with Gasteiger partial charge in [0.05, 0.1) is 17.7 Å². The molecule has 0 radical (unpaired) electrons. The Bertz CT molecular complexity index is 1910. The van der Waals surface area contributed by atoms with Crippen LogP contribution in [0.15, 0.2) is 96.6 Å². The lowest BCUT2D eigenvalue weighted by Crippen LogP contribution is -2.19. The van der Waals surface area contributed by atoms with Crippen LogP contribution in [0.3, 0.4) is 0 Å². The summed E-state index contributed by atoms with van der Waals surface area (Å²) in [5.74, 6) is 0.508. The van der Waals surface area contributed by atoms with E-state index >= 15 is 4.39 Å². The van der Waals surface area contributed by atoms with Crippen LogP contribution in [0.2, 0.25) is 0 Å². The topological polar surface area (TPSA) is 96.7 Å². The van der Waals surface area contributed by atoms with E-state index in [4.69, 9.17) is 14.8 Å². The fourth-order valence-electron chi connectivity index (χ4n) is 4.72. The Hall–Kier alpha value is -5.13. The lowest BCUT2D eigenvalue weighted by Gasteiger charge is -2.12. The largest absolute Gasteiger partial charge is 0.492 e. The summed E-state index contributed by atoms with van der Waals surface area (Å²) in [5, 5.41) is 12.9. The van der Waals surface area contributed by atoms with Crippen molar-refractivity contribution in [3.63, 3.8) is 0 Å². The highest BCUT2D eigenvalue weighted by atomic mass is 32.1. The highest BCUT2D eigenvalue weighted by molar-refractivity contribution is 7.10. The Labute approximate surface area is 258 Å². The molecule has 0 aliphatic rings. The SMILES string of the molecule is CN(C)CCOc1cccc(Nc2nccc(-c3c(-c4cccc(NC(=O)Cc5cccs5)c4)nn4cccc(F)c34)n2)c1. The minimum atomic E-state index is -0.433. The van der Waals surface area contributed by atoms with Crippen LogP contribution in [0.25, 0.3) is 28.0 Å². The first kappa shape index (κ1) is 29.0. The second-order valence-corrected chi connectivity index (χ2v) is 11.4. The standard InChI is InChI=1S/C33H30FN7O2S/c1-40(2)16-17-43-25-10-4-9-24(20-25)37-33-35-14-13-28(38-33)30-31(39-41-15-5-12-27(34)32(30)41)22-7-3-8-23(19-22)36-29(42)21-26-11-6-18-44-26/h3-15,18-20H,16-17,21H2,1-2H3,(H,36,42)(H,35,37,38). The van der Waals surface area contributed by atoms with E-state index in [1.165, 1.54) is 21.9 Å². The van der Waals surface area contributed by atoms with Crippen molar-refractivity contribution in [3.05, 3.63) is 107 Å². The summed E-state index contributed by atoms with van der Waals surface area (Å²) >= 11 is 1.54. The molecule has 0 saturated carbocycles. The van der Waals surface area contributed by atoms with Crippen molar-refractivity contribution in [2.75, 3.05) is 37.9 Å². The van der Waals surface area contributed by atoms with Crippen molar-refractivity contribution in [3.8, 4) is 28.3 Å². The van der Waals surface area contributed by atoms with Gasteiger partial charge in [-0.3, -0.25) is 4.79 Å². The number of fused-ring (bicyclic) bond motifs is 1. The van der Waals surface area contributed by atoms with Crippen molar-refractivity contribution >= 4 is 40.1 Å². The molecular formula is C33H30FN7O2S. The van der Waals surface area contributed by atoms with Gasteiger partial charge in [0.1, 0.15) is 29.4 Å². The number of ether oxygens (including phenoxy) is 1. The van der Waals surface area contributed by atoms with E-state index in [1.54, 1.807) is 24.5 Å². The van der Waals surface area contributed by atoms with Crippen LogP contribution in [0, 0.1) is 5.82 Å². The third-order valence-corrected chi connectivity index (χ3v) is 7.63. The van der Waals surface area contributed by atoms with Gasteiger partial charge in [-0.1, -0.05) is 24.3 Å². The third kappa shape index (κ3) is 6.74. The van der Waals surface area contributed by atoms with Crippen LogP contribution in [0.1, 0.15) is 4.88 Å². The number of benzene rings is 2. The summed E-state index contributed by atoms with van der Waals surface area (Å²) in [4.78, 5) is 24.9. The quantitative estimate of drug-likeness (QED) is 0.173. The molecule has 6 aromatic rings. The van der Waals surface area contributed by atoms with Gasteiger partial charge in [0.25, 0.3) is 0 Å². The van der Waals surface area contributed by atoms with Crippen LogP contribution in [0.4, 0.5) is 21.7 Å². The molecule has 0 fully saturated rings. The average molecular weight is 608 g/mol. The molecule has 0 aliphatic heterocycles. The summed E-state index contributed by atoms with van der Waals surface area (Å²) in [6, 6.07) is 23.5. The number of thiophene rings is 1. The minimum absolute atomic E-state index is 0.121. The van der Waals surface area contributed by atoms with Gasteiger partial charge in [-0.05, 0) is 68.0 Å². The molecule has 0 spiro atoms. The monoisotopic (exact) mass is 607 g/mol.